The summed E-state index contributed by atoms with van der Waals surface area (Å²) >= 11 is 1.32. The first-order chi connectivity index (χ1) is 19.4. The van der Waals surface area contributed by atoms with Crippen LogP contribution in [0.1, 0.15) is 48.0 Å². The van der Waals surface area contributed by atoms with Gasteiger partial charge in [-0.15, -0.1) is 11.3 Å². The summed E-state index contributed by atoms with van der Waals surface area (Å²) in [6.07, 6.45) is 9.45. The van der Waals surface area contributed by atoms with E-state index in [4.69, 9.17) is 14.7 Å². The Morgan fingerprint density at radius 3 is 2.80 bits per heavy atom. The maximum atomic E-state index is 13.2. The molecule has 4 aromatic heterocycles. The second-order valence-electron chi connectivity index (χ2n) is 10.4. The number of hydrogen-bond acceptors (Lipinski definition) is 9. The van der Waals surface area contributed by atoms with Gasteiger partial charge in [0.15, 0.2) is 10.8 Å². The van der Waals surface area contributed by atoms with Gasteiger partial charge in [-0.2, -0.15) is 0 Å². The summed E-state index contributed by atoms with van der Waals surface area (Å²) < 4.78 is 7.34. The van der Waals surface area contributed by atoms with E-state index in [1.807, 2.05) is 22.4 Å². The summed E-state index contributed by atoms with van der Waals surface area (Å²) in [6.45, 7) is 3.68. The highest BCUT2D eigenvalue weighted by molar-refractivity contribution is 7.12. The zero-order valence-electron chi connectivity index (χ0n) is 22.1. The van der Waals surface area contributed by atoms with Crippen LogP contribution in [-0.4, -0.2) is 62.2 Å². The van der Waals surface area contributed by atoms with Crippen molar-refractivity contribution in [1.82, 2.24) is 19.5 Å². The van der Waals surface area contributed by atoms with E-state index in [9.17, 15) is 19.5 Å². The number of aryl methyl sites for hydroxylation is 1. The van der Waals surface area contributed by atoms with Gasteiger partial charge in [0.05, 0.1) is 23.1 Å². The van der Waals surface area contributed by atoms with Gasteiger partial charge in [0.25, 0.3) is 0 Å². The number of aromatic carboxylic acids is 1. The second kappa shape index (κ2) is 10.9. The molecule has 1 unspecified atom stereocenters. The third-order valence-electron chi connectivity index (χ3n) is 7.68. The molecule has 1 N–H and O–H groups in total. The number of carbonyl (C=O) groups is 2. The van der Waals surface area contributed by atoms with Crippen molar-refractivity contribution in [2.45, 2.75) is 45.1 Å². The van der Waals surface area contributed by atoms with Gasteiger partial charge in [-0.25, -0.2) is 14.8 Å². The minimum absolute atomic E-state index is 0.0565. The number of ketones is 1. The predicted octanol–water partition coefficient (Wildman–Crippen LogP) is 4.27. The summed E-state index contributed by atoms with van der Waals surface area (Å²) in [5.41, 5.74) is 1.54. The number of Topliss-reactive ketones (excluding diaryl/α,β-unsaturated/α-hetero) is 1. The molecule has 6 rings (SSSR count). The summed E-state index contributed by atoms with van der Waals surface area (Å²) in [6, 6.07) is 5.50. The van der Waals surface area contributed by atoms with E-state index in [-0.39, 0.29) is 28.8 Å². The average Bonchev–Trinajstić information content (AvgIpc) is 3.42. The van der Waals surface area contributed by atoms with Gasteiger partial charge >= 0.3 is 5.97 Å². The van der Waals surface area contributed by atoms with Crippen molar-refractivity contribution in [2.75, 3.05) is 24.6 Å². The fourth-order valence-electron chi connectivity index (χ4n) is 5.37. The summed E-state index contributed by atoms with van der Waals surface area (Å²) in [7, 11) is 0. The lowest BCUT2D eigenvalue weighted by molar-refractivity contribution is -0.124. The number of thiazole rings is 1. The Morgan fingerprint density at radius 1 is 1.23 bits per heavy atom. The van der Waals surface area contributed by atoms with Crippen molar-refractivity contribution < 1.29 is 19.4 Å². The molecule has 206 valence electrons. The van der Waals surface area contributed by atoms with Crippen LogP contribution in [0.4, 0.5) is 5.82 Å². The van der Waals surface area contributed by atoms with Gasteiger partial charge in [-0.3, -0.25) is 19.1 Å². The highest BCUT2D eigenvalue weighted by Crippen LogP contribution is 2.31. The smallest absolute Gasteiger partial charge is 0.341 e. The molecule has 0 amide bonds. The molecule has 2 aliphatic heterocycles. The first-order valence-electron chi connectivity index (χ1n) is 13.4. The van der Waals surface area contributed by atoms with Crippen LogP contribution in [0.3, 0.4) is 0 Å². The number of aromatic nitrogens is 4. The van der Waals surface area contributed by atoms with Gasteiger partial charge in [0.2, 0.25) is 5.43 Å². The molecule has 2 fully saturated rings. The minimum atomic E-state index is -1.31. The van der Waals surface area contributed by atoms with Crippen molar-refractivity contribution in [1.29, 1.82) is 0 Å². The highest BCUT2D eigenvalue weighted by Gasteiger charge is 2.34. The number of nitrogens with zero attached hydrogens (tertiary/aromatic N) is 5. The molecule has 2 aliphatic rings. The van der Waals surface area contributed by atoms with Crippen LogP contribution in [0.15, 0.2) is 47.0 Å². The topological polar surface area (TPSA) is 128 Å². The molecule has 0 radical (unpaired) electrons. The molecule has 0 aromatic carbocycles. The van der Waals surface area contributed by atoms with Crippen molar-refractivity contribution in [3.8, 4) is 16.4 Å². The molecule has 6 heterocycles. The zero-order chi connectivity index (χ0) is 27.8. The molecule has 0 spiro atoms. The normalized spacial score (nSPS) is 17.6. The summed E-state index contributed by atoms with van der Waals surface area (Å²) in [5, 5.41) is 12.3. The van der Waals surface area contributed by atoms with Crippen LogP contribution in [0.25, 0.3) is 27.4 Å². The van der Waals surface area contributed by atoms with E-state index < -0.39 is 11.4 Å². The molecular weight excluding hydrogens is 530 g/mol. The second-order valence-corrected chi connectivity index (χ2v) is 11.2. The van der Waals surface area contributed by atoms with Crippen LogP contribution >= 0.6 is 11.3 Å². The zero-order valence-corrected chi connectivity index (χ0v) is 22.9. The van der Waals surface area contributed by atoms with E-state index in [1.54, 1.807) is 30.0 Å². The lowest BCUT2D eigenvalue weighted by Gasteiger charge is -2.39. The van der Waals surface area contributed by atoms with Crippen molar-refractivity contribution in [2.24, 2.45) is 5.92 Å². The van der Waals surface area contributed by atoms with Crippen LogP contribution in [0.5, 0.6) is 0 Å². The Bertz CT molecular complexity index is 1640. The average molecular weight is 560 g/mol. The Balaban J connectivity index is 1.29. The summed E-state index contributed by atoms with van der Waals surface area (Å²) in [5.74, 6) is -0.476. The summed E-state index contributed by atoms with van der Waals surface area (Å²) in [4.78, 5) is 53.6. The Kier molecular flexibility index (Phi) is 7.16. The molecule has 40 heavy (non-hydrogen) atoms. The predicted molar refractivity (Wildman–Crippen MR) is 151 cm³/mol. The monoisotopic (exact) mass is 559 g/mol. The molecule has 0 aliphatic carbocycles. The molecule has 0 bridgehead atoms. The molecule has 10 nitrogen and oxygen atoms in total. The highest BCUT2D eigenvalue weighted by atomic mass is 32.1. The number of hydrogen-bond donors (Lipinski definition) is 1. The SMILES string of the molecule is Cc1cc(N2CC(C(=O)CCC3CCCCO3)C2)nc2c1c(=O)c(C(=O)O)cn2-c1nc(-c2cccnc2)cs1. The number of carboxylic acids is 1. The Hall–Kier alpha value is -3.96. The molecule has 4 aromatic rings. The maximum absolute atomic E-state index is 13.2. The quantitative estimate of drug-likeness (QED) is 0.337. The van der Waals surface area contributed by atoms with Crippen LogP contribution < -0.4 is 10.3 Å². The van der Waals surface area contributed by atoms with Crippen LogP contribution in [0, 0.1) is 12.8 Å². The van der Waals surface area contributed by atoms with Gasteiger partial charge in [-0.05, 0) is 56.4 Å². The number of anilines is 1. The van der Waals surface area contributed by atoms with Crippen molar-refractivity contribution in [3.63, 3.8) is 0 Å². The van der Waals surface area contributed by atoms with Crippen LogP contribution in [0.2, 0.25) is 0 Å². The number of rotatable bonds is 8. The first kappa shape index (κ1) is 26.3. The number of fused-ring (bicyclic) bond motifs is 1. The minimum Gasteiger partial charge on any atom is -0.477 e. The van der Waals surface area contributed by atoms with E-state index in [0.29, 0.717) is 47.4 Å². The first-order valence-corrected chi connectivity index (χ1v) is 14.3. The van der Waals surface area contributed by atoms with E-state index in [1.165, 1.54) is 17.5 Å². The number of carboxylic acid groups (broad SMARTS) is 1. The van der Waals surface area contributed by atoms with E-state index in [0.717, 1.165) is 37.9 Å². The lowest BCUT2D eigenvalue weighted by Crippen LogP contribution is -2.51. The molecular formula is C29H29N5O5S. The fourth-order valence-corrected chi connectivity index (χ4v) is 6.18. The van der Waals surface area contributed by atoms with Gasteiger partial charge in [0, 0.05) is 55.7 Å². The van der Waals surface area contributed by atoms with Gasteiger partial charge < -0.3 is 14.7 Å². The van der Waals surface area contributed by atoms with Gasteiger partial charge in [0.1, 0.15) is 17.2 Å². The third-order valence-corrected chi connectivity index (χ3v) is 8.52. The number of pyridine rings is 3. The van der Waals surface area contributed by atoms with E-state index in [2.05, 4.69) is 4.98 Å². The third kappa shape index (κ3) is 5.02. The molecule has 2 saturated heterocycles. The molecule has 1 atom stereocenters. The number of carbonyl (C=O) groups excluding carboxylic acids is 1. The number of ether oxygens (including phenoxy) is 1. The van der Waals surface area contributed by atoms with E-state index >= 15 is 0 Å². The Morgan fingerprint density at radius 2 is 2.08 bits per heavy atom. The van der Waals surface area contributed by atoms with Crippen molar-refractivity contribution >= 4 is 39.9 Å². The maximum Gasteiger partial charge on any atom is 0.341 e. The van der Waals surface area contributed by atoms with Crippen LogP contribution in [-0.2, 0) is 9.53 Å². The fraction of sp³-hybridized carbons (Fsp3) is 0.379. The van der Waals surface area contributed by atoms with Crippen molar-refractivity contribution in [3.05, 3.63) is 63.5 Å². The molecule has 0 saturated carbocycles. The van der Waals surface area contributed by atoms with Gasteiger partial charge in [-0.1, -0.05) is 0 Å². The lowest BCUT2D eigenvalue weighted by atomic mass is 9.90. The largest absolute Gasteiger partial charge is 0.477 e. The standard InChI is InChI=1S/C29H29N5O5S/c1-17-11-24(33-13-19(14-33)23(35)8-7-20-6-2-3-10-39-20)32-27-25(17)26(36)21(28(37)38)15-34(27)29-31-22(16-40-29)18-5-4-9-30-12-18/h4-5,9,11-12,15-16,19-20H,2-3,6-8,10,13-14H2,1H3,(H,37,38). The molecule has 11 heteroatoms. The Labute approximate surface area is 234 Å².